The number of hydrogen-bond donors (Lipinski definition) is 1. The van der Waals surface area contributed by atoms with Gasteiger partial charge in [0.15, 0.2) is 0 Å². The van der Waals surface area contributed by atoms with E-state index in [0.717, 1.165) is 4.31 Å². The van der Waals surface area contributed by atoms with E-state index in [1.807, 2.05) is 0 Å². The predicted octanol–water partition coefficient (Wildman–Crippen LogP) is 2.64. The minimum Gasteiger partial charge on any atom is -0.369 e. The van der Waals surface area contributed by atoms with Gasteiger partial charge in [0.1, 0.15) is 11.4 Å². The van der Waals surface area contributed by atoms with Crippen LogP contribution in [-0.2, 0) is 22.0 Å². The van der Waals surface area contributed by atoms with E-state index >= 15 is 0 Å². The smallest absolute Gasteiger partial charge is 0.239 e. The Hall–Kier alpha value is -2.10. The molecule has 0 fully saturated rings. The van der Waals surface area contributed by atoms with Crippen LogP contribution in [0.25, 0.3) is 0 Å². The summed E-state index contributed by atoms with van der Waals surface area (Å²) >= 11 is 11.3. The summed E-state index contributed by atoms with van der Waals surface area (Å²) in [5.41, 5.74) is 5.88. The summed E-state index contributed by atoms with van der Waals surface area (Å²) in [5, 5.41) is 0.502. The number of benzene rings is 1. The van der Waals surface area contributed by atoms with Crippen LogP contribution in [0, 0.1) is 5.82 Å². The normalized spacial score (nSPS) is 21.3. The van der Waals surface area contributed by atoms with Crippen molar-refractivity contribution in [2.45, 2.75) is 18.9 Å². The van der Waals surface area contributed by atoms with Crippen LogP contribution in [0.15, 0.2) is 41.5 Å². The van der Waals surface area contributed by atoms with Crippen molar-refractivity contribution >= 4 is 44.7 Å². The first kappa shape index (κ1) is 20.6. The Balaban J connectivity index is 1.96. The van der Waals surface area contributed by atoms with Crippen LogP contribution in [0.3, 0.4) is 0 Å². The van der Waals surface area contributed by atoms with Crippen molar-refractivity contribution in [3.8, 4) is 0 Å². The third kappa shape index (κ3) is 4.01. The largest absolute Gasteiger partial charge is 0.369 e. The molecule has 1 atom stereocenters. The molecule has 0 bridgehead atoms. The maximum absolute atomic E-state index is 14.6. The number of hydrogen-bond acceptors (Lipinski definition) is 6. The van der Waals surface area contributed by atoms with Crippen LogP contribution >= 0.6 is 23.8 Å². The average Bonchev–Trinajstić information content (AvgIpc) is 2.61. The summed E-state index contributed by atoms with van der Waals surface area (Å²) in [6.45, 7) is 1.55. The summed E-state index contributed by atoms with van der Waals surface area (Å²) in [7, 11) is -2.39. The Kier molecular flexibility index (Phi) is 5.44. The van der Waals surface area contributed by atoms with Crippen molar-refractivity contribution in [2.24, 2.45) is 10.7 Å². The fourth-order valence-electron chi connectivity index (χ4n) is 3.00. The first-order valence-electron chi connectivity index (χ1n) is 8.27. The van der Waals surface area contributed by atoms with Crippen LogP contribution < -0.4 is 5.73 Å². The zero-order valence-electron chi connectivity index (χ0n) is 15.2. The van der Waals surface area contributed by atoms with Crippen LogP contribution in [0.4, 0.5) is 4.39 Å². The summed E-state index contributed by atoms with van der Waals surface area (Å²) < 4.78 is 40.2. The van der Waals surface area contributed by atoms with Gasteiger partial charge in [-0.15, -0.1) is 0 Å². The van der Waals surface area contributed by atoms with E-state index < -0.39 is 21.4 Å². The Morgan fingerprint density at radius 1 is 1.39 bits per heavy atom. The lowest BCUT2D eigenvalue weighted by atomic mass is 9.91. The number of guanidine groups is 1. The summed E-state index contributed by atoms with van der Waals surface area (Å²) in [5.74, 6) is -1.13. The van der Waals surface area contributed by atoms with Gasteiger partial charge in [0, 0.05) is 30.1 Å². The number of pyridine rings is 1. The van der Waals surface area contributed by atoms with Gasteiger partial charge in [-0.1, -0.05) is 36.0 Å². The number of halogens is 2. The van der Waals surface area contributed by atoms with Crippen LogP contribution in [0.2, 0.25) is 5.02 Å². The Bertz CT molecular complexity index is 1070. The molecule has 2 N–H and O–H groups in total. The van der Waals surface area contributed by atoms with E-state index in [2.05, 4.69) is 9.98 Å². The lowest BCUT2D eigenvalue weighted by Gasteiger charge is -2.34. The highest BCUT2D eigenvalue weighted by atomic mass is 35.5. The van der Waals surface area contributed by atoms with Crippen molar-refractivity contribution in [2.75, 3.05) is 12.8 Å². The Labute approximate surface area is 173 Å². The molecular formula is C18H18ClFN4O2S2. The van der Waals surface area contributed by atoms with Crippen LogP contribution in [-0.4, -0.2) is 41.3 Å². The van der Waals surface area contributed by atoms with Crippen molar-refractivity contribution in [1.82, 2.24) is 9.29 Å². The number of nitrogens with two attached hydrogens (primary N) is 1. The minimum atomic E-state index is -3.70. The van der Waals surface area contributed by atoms with Gasteiger partial charge in [0.2, 0.25) is 16.0 Å². The van der Waals surface area contributed by atoms with Gasteiger partial charge in [0.25, 0.3) is 0 Å². The third-order valence-corrected chi connectivity index (χ3v) is 7.08. The maximum Gasteiger partial charge on any atom is 0.239 e. The van der Waals surface area contributed by atoms with Crippen molar-refractivity contribution in [3.05, 3.63) is 64.2 Å². The van der Waals surface area contributed by atoms with E-state index in [1.165, 1.54) is 19.3 Å². The fourth-order valence-corrected chi connectivity index (χ4v) is 4.85. The molecule has 6 nitrogen and oxygen atoms in total. The molecule has 10 heteroatoms. The molecule has 0 unspecified atom stereocenters. The number of sulfonamides is 1. The molecular weight excluding hydrogens is 423 g/mol. The molecule has 28 heavy (non-hydrogen) atoms. The number of nitrogens with zero attached hydrogens (tertiary/aromatic N) is 3. The second-order valence-electron chi connectivity index (χ2n) is 6.74. The molecule has 0 spiro atoms. The SMILES string of the molecule is CN1C(N)=N[C@](C)(c2cc(CC(=S)c3ccc(Cl)cn3)ccc2F)CS1(=O)=O. The van der Waals surface area contributed by atoms with Gasteiger partial charge < -0.3 is 5.73 Å². The highest BCUT2D eigenvalue weighted by Gasteiger charge is 2.41. The van der Waals surface area contributed by atoms with Gasteiger partial charge >= 0.3 is 0 Å². The van der Waals surface area contributed by atoms with Gasteiger partial charge in [-0.05, 0) is 30.7 Å². The fraction of sp³-hybridized carbons (Fsp3) is 0.278. The van der Waals surface area contributed by atoms with Crippen molar-refractivity contribution in [3.63, 3.8) is 0 Å². The summed E-state index contributed by atoms with van der Waals surface area (Å²) in [6, 6.07) is 7.86. The molecule has 0 saturated carbocycles. The molecule has 2 aromatic rings. The van der Waals surface area contributed by atoms with Crippen molar-refractivity contribution < 1.29 is 12.8 Å². The molecule has 1 aliphatic heterocycles. The standard InChI is InChI=1S/C18H18ClFN4O2S2/c1-18(10-28(25,26)24(2)17(21)23-18)13-7-11(3-5-14(13)20)8-16(27)15-6-4-12(19)9-22-15/h3-7,9H,8,10H2,1-2H3,(H2,21,23)/t18-/m0/s1. The first-order valence-corrected chi connectivity index (χ1v) is 10.7. The molecule has 0 saturated heterocycles. The van der Waals surface area contributed by atoms with Crippen LogP contribution in [0.1, 0.15) is 23.7 Å². The molecule has 1 aromatic carbocycles. The molecule has 148 valence electrons. The lowest BCUT2D eigenvalue weighted by Crippen LogP contribution is -2.50. The third-order valence-electron chi connectivity index (χ3n) is 4.55. The van der Waals surface area contributed by atoms with Gasteiger partial charge in [-0.25, -0.2) is 22.1 Å². The van der Waals surface area contributed by atoms with E-state index in [4.69, 9.17) is 29.6 Å². The number of rotatable bonds is 4. The number of aliphatic imine (C=N–C) groups is 1. The second-order valence-corrected chi connectivity index (χ2v) is 9.67. The lowest BCUT2D eigenvalue weighted by molar-refractivity contribution is 0.457. The first-order chi connectivity index (χ1) is 13.0. The maximum atomic E-state index is 14.6. The molecule has 0 radical (unpaired) electrons. The predicted molar refractivity (Wildman–Crippen MR) is 112 cm³/mol. The van der Waals surface area contributed by atoms with E-state index in [0.29, 0.717) is 27.6 Å². The summed E-state index contributed by atoms with van der Waals surface area (Å²) in [4.78, 5) is 8.99. The zero-order chi connectivity index (χ0) is 20.7. The topological polar surface area (TPSA) is 88.7 Å². The molecule has 1 aromatic heterocycles. The summed E-state index contributed by atoms with van der Waals surface area (Å²) in [6.07, 6.45) is 1.83. The minimum absolute atomic E-state index is 0.150. The van der Waals surface area contributed by atoms with Gasteiger partial charge in [-0.3, -0.25) is 4.98 Å². The Morgan fingerprint density at radius 2 is 2.11 bits per heavy atom. The molecule has 1 aliphatic rings. The van der Waals surface area contributed by atoms with Crippen molar-refractivity contribution in [1.29, 1.82) is 0 Å². The highest BCUT2D eigenvalue weighted by Crippen LogP contribution is 2.34. The monoisotopic (exact) mass is 440 g/mol. The van der Waals surface area contributed by atoms with E-state index in [9.17, 15) is 12.8 Å². The van der Waals surface area contributed by atoms with E-state index in [1.54, 1.807) is 31.2 Å². The molecule has 0 amide bonds. The van der Waals surface area contributed by atoms with Gasteiger partial charge in [0.05, 0.1) is 16.5 Å². The Morgan fingerprint density at radius 3 is 2.71 bits per heavy atom. The highest BCUT2D eigenvalue weighted by molar-refractivity contribution is 7.89. The second kappa shape index (κ2) is 7.38. The average molecular weight is 441 g/mol. The van der Waals surface area contributed by atoms with Gasteiger partial charge in [-0.2, -0.15) is 0 Å². The van der Waals surface area contributed by atoms with Crippen LogP contribution in [0.5, 0.6) is 0 Å². The quantitative estimate of drug-likeness (QED) is 0.583. The molecule has 0 aliphatic carbocycles. The van der Waals surface area contributed by atoms with E-state index in [-0.39, 0.29) is 17.3 Å². The molecule has 3 rings (SSSR count). The number of aromatic nitrogens is 1. The number of thiocarbonyl (C=S) groups is 1. The molecule has 2 heterocycles. The zero-order valence-corrected chi connectivity index (χ0v) is 17.6.